The lowest BCUT2D eigenvalue weighted by atomic mass is 9.97. The van der Waals surface area contributed by atoms with Crippen molar-refractivity contribution in [1.82, 2.24) is 19.5 Å². The Hall–Kier alpha value is -3.13. The predicted molar refractivity (Wildman–Crippen MR) is 128 cm³/mol. The van der Waals surface area contributed by atoms with Crippen LogP contribution in [0.3, 0.4) is 0 Å². The number of carbonyl (C=O) groups excluding carboxylic acids is 1. The Morgan fingerprint density at radius 2 is 2.00 bits per heavy atom. The van der Waals surface area contributed by atoms with Crippen LogP contribution in [0, 0.1) is 13.8 Å². The van der Waals surface area contributed by atoms with Gasteiger partial charge in [-0.25, -0.2) is 9.50 Å². The maximum absolute atomic E-state index is 13.6. The Balaban J connectivity index is 1.48. The number of hydrogen-bond donors (Lipinski definition) is 1. The van der Waals surface area contributed by atoms with Crippen LogP contribution in [0.15, 0.2) is 30.5 Å². The van der Waals surface area contributed by atoms with Crippen molar-refractivity contribution in [3.63, 3.8) is 0 Å². The van der Waals surface area contributed by atoms with Crippen LogP contribution in [0.5, 0.6) is 5.75 Å². The summed E-state index contributed by atoms with van der Waals surface area (Å²) < 4.78 is 7.41. The number of nitrogens with two attached hydrogens (primary N) is 1. The summed E-state index contributed by atoms with van der Waals surface area (Å²) in [5.74, 6) is 1.61. The third kappa shape index (κ3) is 3.93. The Morgan fingerprint density at radius 1 is 1.15 bits per heavy atom. The number of aryl methyl sites for hydroxylation is 2. The van der Waals surface area contributed by atoms with Crippen LogP contribution in [0.1, 0.15) is 58.9 Å². The quantitative estimate of drug-likeness (QED) is 0.659. The fourth-order valence-corrected chi connectivity index (χ4v) is 5.21. The van der Waals surface area contributed by atoms with Gasteiger partial charge in [-0.15, -0.1) is 0 Å². The number of aromatic nitrogens is 3. The molecule has 0 bridgehead atoms. The molecule has 0 spiro atoms. The molecular formula is C25H32N6O2. The van der Waals surface area contributed by atoms with Crippen LogP contribution in [0.4, 0.5) is 5.82 Å². The zero-order valence-electron chi connectivity index (χ0n) is 19.6. The molecule has 5 rings (SSSR count). The number of nitrogens with zero attached hydrogens (tertiary/aromatic N) is 5. The first kappa shape index (κ1) is 21.7. The number of para-hydroxylation sites is 1. The van der Waals surface area contributed by atoms with E-state index < -0.39 is 0 Å². The standard InChI is InChI=1S/C25H32N6O2/c1-16-7-6-8-19(23(16)33-3)25(32)30-11-5-4-9-21(30)20-13-22-27-24(17(2)14-31(22)28-20)29-12-10-18(26)15-29/h6-8,13-14,18,21H,4-5,9-12,15,26H2,1-3H3/t18-,21-/m0/s1. The lowest BCUT2D eigenvalue weighted by Gasteiger charge is -2.35. The summed E-state index contributed by atoms with van der Waals surface area (Å²) in [6.07, 6.45) is 5.95. The van der Waals surface area contributed by atoms with Crippen molar-refractivity contribution in [1.29, 1.82) is 0 Å². The van der Waals surface area contributed by atoms with Gasteiger partial charge in [0, 0.05) is 43.5 Å². The summed E-state index contributed by atoms with van der Waals surface area (Å²) >= 11 is 0. The van der Waals surface area contributed by atoms with E-state index in [9.17, 15) is 4.79 Å². The molecule has 0 unspecified atom stereocenters. The number of ether oxygens (including phenoxy) is 1. The minimum absolute atomic E-state index is 0.00631. The number of likely N-dealkylation sites (tertiary alicyclic amines) is 1. The average molecular weight is 449 g/mol. The zero-order chi connectivity index (χ0) is 23.1. The number of piperidine rings is 1. The van der Waals surface area contributed by atoms with Gasteiger partial charge in [0.1, 0.15) is 11.6 Å². The van der Waals surface area contributed by atoms with E-state index in [-0.39, 0.29) is 18.0 Å². The van der Waals surface area contributed by atoms with Crippen LogP contribution < -0.4 is 15.4 Å². The molecule has 2 saturated heterocycles. The highest BCUT2D eigenvalue weighted by Crippen LogP contribution is 2.34. The van der Waals surface area contributed by atoms with E-state index >= 15 is 0 Å². The molecule has 0 aliphatic carbocycles. The Labute approximate surface area is 194 Å². The maximum atomic E-state index is 13.6. The second-order valence-corrected chi connectivity index (χ2v) is 9.28. The molecule has 2 N–H and O–H groups in total. The zero-order valence-corrected chi connectivity index (χ0v) is 19.6. The van der Waals surface area contributed by atoms with E-state index in [4.69, 9.17) is 20.6 Å². The van der Waals surface area contributed by atoms with Gasteiger partial charge in [0.2, 0.25) is 0 Å². The molecule has 2 aliphatic heterocycles. The number of carbonyl (C=O) groups is 1. The van der Waals surface area contributed by atoms with Crippen molar-refractivity contribution in [2.45, 2.75) is 51.6 Å². The molecule has 1 amide bonds. The number of hydrogen-bond acceptors (Lipinski definition) is 6. The highest BCUT2D eigenvalue weighted by molar-refractivity contribution is 5.97. The summed E-state index contributed by atoms with van der Waals surface area (Å²) in [5, 5.41) is 4.85. The van der Waals surface area contributed by atoms with Gasteiger partial charge in [0.15, 0.2) is 5.65 Å². The summed E-state index contributed by atoms with van der Waals surface area (Å²) in [4.78, 5) is 22.8. The predicted octanol–water partition coefficient (Wildman–Crippen LogP) is 3.26. The fraction of sp³-hybridized carbons (Fsp3) is 0.480. The Bertz CT molecular complexity index is 1190. The van der Waals surface area contributed by atoms with Gasteiger partial charge in [0.25, 0.3) is 5.91 Å². The van der Waals surface area contributed by atoms with Gasteiger partial charge in [-0.1, -0.05) is 12.1 Å². The number of methoxy groups -OCH3 is 1. The molecule has 0 saturated carbocycles. The molecule has 4 heterocycles. The smallest absolute Gasteiger partial charge is 0.258 e. The molecule has 2 aliphatic rings. The molecule has 3 aromatic rings. The largest absolute Gasteiger partial charge is 0.496 e. The van der Waals surface area contributed by atoms with Crippen molar-refractivity contribution in [2.75, 3.05) is 31.6 Å². The maximum Gasteiger partial charge on any atom is 0.258 e. The monoisotopic (exact) mass is 448 g/mol. The van der Waals surface area contributed by atoms with Crippen molar-refractivity contribution >= 4 is 17.4 Å². The number of anilines is 1. The second-order valence-electron chi connectivity index (χ2n) is 9.28. The van der Waals surface area contributed by atoms with Crippen molar-refractivity contribution in [3.05, 3.63) is 52.8 Å². The van der Waals surface area contributed by atoms with Crippen LogP contribution in [0.2, 0.25) is 0 Å². The fourth-order valence-electron chi connectivity index (χ4n) is 5.21. The second kappa shape index (κ2) is 8.67. The number of amides is 1. The summed E-state index contributed by atoms with van der Waals surface area (Å²) in [5.41, 5.74) is 10.4. The lowest BCUT2D eigenvalue weighted by molar-refractivity contribution is 0.0602. The molecule has 8 heteroatoms. The summed E-state index contributed by atoms with van der Waals surface area (Å²) in [7, 11) is 1.62. The highest BCUT2D eigenvalue weighted by Gasteiger charge is 2.32. The minimum atomic E-state index is -0.0814. The SMILES string of the molecule is COc1c(C)cccc1C(=O)N1CCCC[C@H]1c1cc2nc(N3CC[C@H](N)C3)c(C)cn2n1. The molecule has 2 fully saturated rings. The van der Waals surface area contributed by atoms with E-state index in [0.29, 0.717) is 17.9 Å². The van der Waals surface area contributed by atoms with Crippen LogP contribution >= 0.6 is 0 Å². The molecule has 174 valence electrons. The Morgan fingerprint density at radius 3 is 2.76 bits per heavy atom. The van der Waals surface area contributed by atoms with Crippen LogP contribution in [0.25, 0.3) is 5.65 Å². The van der Waals surface area contributed by atoms with Gasteiger partial charge in [-0.05, 0) is 51.2 Å². The molecule has 1 aromatic carbocycles. The minimum Gasteiger partial charge on any atom is -0.496 e. The normalized spacial score (nSPS) is 21.1. The first-order valence-corrected chi connectivity index (χ1v) is 11.8. The first-order chi connectivity index (χ1) is 16.0. The van der Waals surface area contributed by atoms with E-state index in [1.54, 1.807) is 7.11 Å². The average Bonchev–Trinajstić information content (AvgIpc) is 3.43. The first-order valence-electron chi connectivity index (χ1n) is 11.8. The highest BCUT2D eigenvalue weighted by atomic mass is 16.5. The Kier molecular flexibility index (Phi) is 5.70. The van der Waals surface area contributed by atoms with Gasteiger partial charge in [-0.2, -0.15) is 5.10 Å². The molecule has 33 heavy (non-hydrogen) atoms. The molecule has 2 atom stereocenters. The topological polar surface area (TPSA) is 89.0 Å². The number of fused-ring (bicyclic) bond motifs is 1. The van der Waals surface area contributed by atoms with Crippen molar-refractivity contribution in [3.8, 4) is 5.75 Å². The van der Waals surface area contributed by atoms with E-state index in [0.717, 1.165) is 67.1 Å². The van der Waals surface area contributed by atoms with Gasteiger partial charge < -0.3 is 20.3 Å². The third-order valence-corrected chi connectivity index (χ3v) is 6.90. The molecule has 8 nitrogen and oxygen atoms in total. The van der Waals surface area contributed by atoms with E-state index in [2.05, 4.69) is 11.8 Å². The lowest BCUT2D eigenvalue weighted by Crippen LogP contribution is -2.39. The van der Waals surface area contributed by atoms with Gasteiger partial charge in [0.05, 0.1) is 24.4 Å². The number of benzene rings is 1. The van der Waals surface area contributed by atoms with Crippen LogP contribution in [-0.2, 0) is 0 Å². The van der Waals surface area contributed by atoms with E-state index in [1.807, 2.05) is 46.8 Å². The molecular weight excluding hydrogens is 416 g/mol. The van der Waals surface area contributed by atoms with Crippen molar-refractivity contribution in [2.24, 2.45) is 5.73 Å². The molecule has 2 aromatic heterocycles. The van der Waals surface area contributed by atoms with Crippen molar-refractivity contribution < 1.29 is 9.53 Å². The third-order valence-electron chi connectivity index (χ3n) is 6.90. The molecule has 0 radical (unpaired) electrons. The van der Waals surface area contributed by atoms with Crippen LogP contribution in [-0.4, -0.2) is 58.2 Å². The summed E-state index contributed by atoms with van der Waals surface area (Å²) in [6, 6.07) is 7.87. The van der Waals surface area contributed by atoms with Gasteiger partial charge >= 0.3 is 0 Å². The number of rotatable bonds is 4. The van der Waals surface area contributed by atoms with E-state index in [1.165, 1.54) is 0 Å². The summed E-state index contributed by atoms with van der Waals surface area (Å²) in [6.45, 7) is 6.49. The van der Waals surface area contributed by atoms with Gasteiger partial charge in [-0.3, -0.25) is 4.79 Å².